The second kappa shape index (κ2) is 5.85. The van der Waals surface area contributed by atoms with Crippen LogP contribution >= 0.6 is 0 Å². The van der Waals surface area contributed by atoms with Crippen molar-refractivity contribution in [2.45, 2.75) is 19.4 Å². The third-order valence-corrected chi connectivity index (χ3v) is 2.30. The summed E-state index contributed by atoms with van der Waals surface area (Å²) in [4.78, 5) is 10.9. The minimum Gasteiger partial charge on any atom is -0.469 e. The smallest absolute Gasteiger partial charge is 0.307 e. The van der Waals surface area contributed by atoms with Gasteiger partial charge in [0.15, 0.2) is 23.3 Å². The zero-order valence-corrected chi connectivity index (χ0v) is 9.99. The number of benzene rings is 1. The summed E-state index contributed by atoms with van der Waals surface area (Å²) in [5.41, 5.74) is -1.17. The molecule has 1 aromatic carbocycles. The van der Waals surface area contributed by atoms with Gasteiger partial charge in [-0.1, -0.05) is 0 Å². The Balaban J connectivity index is 3.05. The number of halogens is 5. The molecule has 1 aromatic rings. The van der Waals surface area contributed by atoms with Crippen LogP contribution in [0.25, 0.3) is 0 Å². The van der Waals surface area contributed by atoms with Crippen LogP contribution in [0.2, 0.25) is 0 Å². The Kier molecular flexibility index (Phi) is 4.68. The summed E-state index contributed by atoms with van der Waals surface area (Å²) < 4.78 is 69.4. The lowest BCUT2D eigenvalue weighted by molar-refractivity contribution is -0.140. The number of nitrogens with one attached hydrogen (secondary N) is 1. The number of hydrogen-bond donors (Lipinski definition) is 1. The number of rotatable bonds is 4. The second-order valence-electron chi connectivity index (χ2n) is 3.77. The molecular formula is C11H10F5NO2. The van der Waals surface area contributed by atoms with Gasteiger partial charge in [0.2, 0.25) is 5.82 Å². The number of hydrogen-bond acceptors (Lipinski definition) is 3. The molecule has 1 rings (SSSR count). The molecule has 0 saturated heterocycles. The number of carbonyl (C=O) groups excluding carboxylic acids is 1. The summed E-state index contributed by atoms with van der Waals surface area (Å²) in [6.45, 7) is 1.33. The van der Waals surface area contributed by atoms with Crippen molar-refractivity contribution < 1.29 is 31.5 Å². The zero-order valence-electron chi connectivity index (χ0n) is 9.99. The summed E-state index contributed by atoms with van der Waals surface area (Å²) >= 11 is 0. The molecule has 0 amide bonds. The lowest BCUT2D eigenvalue weighted by Crippen LogP contribution is -2.22. The monoisotopic (exact) mass is 283 g/mol. The Bertz CT molecular complexity index is 477. The van der Waals surface area contributed by atoms with E-state index in [9.17, 15) is 26.7 Å². The van der Waals surface area contributed by atoms with E-state index in [-0.39, 0.29) is 6.42 Å². The molecule has 0 spiro atoms. The van der Waals surface area contributed by atoms with Crippen LogP contribution in [-0.4, -0.2) is 19.1 Å². The van der Waals surface area contributed by atoms with Crippen molar-refractivity contribution in [3.63, 3.8) is 0 Å². The normalized spacial score (nSPS) is 12.2. The fraction of sp³-hybridized carbons (Fsp3) is 0.364. The molecule has 1 unspecified atom stereocenters. The van der Waals surface area contributed by atoms with Crippen molar-refractivity contribution in [1.82, 2.24) is 0 Å². The first-order valence-corrected chi connectivity index (χ1v) is 5.14. The third kappa shape index (κ3) is 3.12. The van der Waals surface area contributed by atoms with Gasteiger partial charge in [0.25, 0.3) is 0 Å². The van der Waals surface area contributed by atoms with E-state index >= 15 is 0 Å². The van der Waals surface area contributed by atoms with Crippen LogP contribution < -0.4 is 5.32 Å². The first-order chi connectivity index (χ1) is 8.79. The van der Waals surface area contributed by atoms with Gasteiger partial charge in [0.1, 0.15) is 5.69 Å². The quantitative estimate of drug-likeness (QED) is 0.399. The molecule has 0 aliphatic carbocycles. The van der Waals surface area contributed by atoms with E-state index in [2.05, 4.69) is 10.1 Å². The average Bonchev–Trinajstić information content (AvgIpc) is 2.39. The molecule has 0 aliphatic rings. The van der Waals surface area contributed by atoms with Gasteiger partial charge >= 0.3 is 5.97 Å². The summed E-state index contributed by atoms with van der Waals surface area (Å²) in [7, 11) is 1.10. The van der Waals surface area contributed by atoms with Gasteiger partial charge in [-0.2, -0.15) is 0 Å². The number of anilines is 1. The van der Waals surface area contributed by atoms with Crippen LogP contribution in [0.5, 0.6) is 0 Å². The summed E-state index contributed by atoms with van der Waals surface area (Å²) in [6.07, 6.45) is -0.296. The van der Waals surface area contributed by atoms with Crippen molar-refractivity contribution >= 4 is 11.7 Å². The largest absolute Gasteiger partial charge is 0.469 e. The molecule has 0 saturated carbocycles. The molecule has 106 valence electrons. The Hall–Kier alpha value is -1.86. The first kappa shape index (κ1) is 15.2. The zero-order chi connectivity index (χ0) is 14.7. The van der Waals surface area contributed by atoms with Gasteiger partial charge in [-0.25, -0.2) is 22.0 Å². The van der Waals surface area contributed by atoms with Crippen LogP contribution in [0, 0.1) is 29.1 Å². The van der Waals surface area contributed by atoms with E-state index in [0.717, 1.165) is 7.11 Å². The highest BCUT2D eigenvalue weighted by atomic mass is 19.2. The Morgan fingerprint density at radius 3 is 1.89 bits per heavy atom. The molecular weight excluding hydrogens is 273 g/mol. The Labute approximate surface area is 105 Å². The van der Waals surface area contributed by atoms with Gasteiger partial charge in [-0.05, 0) is 6.92 Å². The minimum atomic E-state index is -2.24. The van der Waals surface area contributed by atoms with Crippen molar-refractivity contribution in [3.05, 3.63) is 29.1 Å². The summed E-state index contributed by atoms with van der Waals surface area (Å²) in [6, 6.07) is -0.874. The van der Waals surface area contributed by atoms with Gasteiger partial charge in [0.05, 0.1) is 13.5 Å². The molecule has 0 heterocycles. The predicted octanol–water partition coefficient (Wildman–Crippen LogP) is 2.75. The third-order valence-electron chi connectivity index (χ3n) is 2.30. The van der Waals surface area contributed by atoms with Gasteiger partial charge in [0, 0.05) is 6.04 Å². The minimum absolute atomic E-state index is 0.296. The molecule has 1 N–H and O–H groups in total. The summed E-state index contributed by atoms with van der Waals surface area (Å²) in [5.74, 6) is -11.0. The Morgan fingerprint density at radius 1 is 1.05 bits per heavy atom. The van der Waals surface area contributed by atoms with E-state index in [1.807, 2.05) is 0 Å². The molecule has 0 aromatic heterocycles. The molecule has 0 fully saturated rings. The van der Waals surface area contributed by atoms with Crippen molar-refractivity contribution in [2.75, 3.05) is 12.4 Å². The van der Waals surface area contributed by atoms with Gasteiger partial charge < -0.3 is 10.1 Å². The molecule has 0 radical (unpaired) electrons. The van der Waals surface area contributed by atoms with Crippen LogP contribution in [-0.2, 0) is 9.53 Å². The van der Waals surface area contributed by atoms with E-state index in [1.54, 1.807) is 0 Å². The molecule has 0 bridgehead atoms. The first-order valence-electron chi connectivity index (χ1n) is 5.14. The fourth-order valence-electron chi connectivity index (χ4n) is 1.36. The lowest BCUT2D eigenvalue weighted by Gasteiger charge is -2.16. The number of methoxy groups -OCH3 is 1. The maximum absolute atomic E-state index is 13.3. The number of carbonyl (C=O) groups is 1. The molecule has 19 heavy (non-hydrogen) atoms. The molecule has 1 atom stereocenters. The lowest BCUT2D eigenvalue weighted by atomic mass is 10.2. The van der Waals surface area contributed by atoms with Gasteiger partial charge in [-0.15, -0.1) is 0 Å². The standard InChI is InChI=1S/C11H10F5NO2/c1-4(3-5(18)19-2)17-11-9(15)7(13)6(12)8(14)10(11)16/h4,17H,3H2,1-2H3. The SMILES string of the molecule is COC(=O)CC(C)Nc1c(F)c(F)c(F)c(F)c1F. The van der Waals surface area contributed by atoms with Gasteiger partial charge in [-0.3, -0.25) is 4.79 Å². The van der Waals surface area contributed by atoms with Crippen molar-refractivity contribution in [1.29, 1.82) is 0 Å². The van der Waals surface area contributed by atoms with E-state index < -0.39 is 46.8 Å². The number of ether oxygens (including phenoxy) is 1. The molecule has 0 aliphatic heterocycles. The van der Waals surface area contributed by atoms with E-state index in [0.29, 0.717) is 0 Å². The molecule has 3 nitrogen and oxygen atoms in total. The summed E-state index contributed by atoms with van der Waals surface area (Å²) in [5, 5.41) is 2.06. The second-order valence-corrected chi connectivity index (χ2v) is 3.77. The Morgan fingerprint density at radius 2 is 1.47 bits per heavy atom. The average molecular weight is 283 g/mol. The highest BCUT2D eigenvalue weighted by Crippen LogP contribution is 2.27. The van der Waals surface area contributed by atoms with Crippen molar-refractivity contribution in [3.8, 4) is 0 Å². The predicted molar refractivity (Wildman–Crippen MR) is 55.9 cm³/mol. The highest BCUT2D eigenvalue weighted by molar-refractivity contribution is 5.70. The van der Waals surface area contributed by atoms with Crippen LogP contribution in [0.15, 0.2) is 0 Å². The maximum Gasteiger partial charge on any atom is 0.307 e. The topological polar surface area (TPSA) is 38.3 Å². The van der Waals surface area contributed by atoms with E-state index in [4.69, 9.17) is 0 Å². The van der Waals surface area contributed by atoms with Crippen LogP contribution in [0.3, 0.4) is 0 Å². The van der Waals surface area contributed by atoms with Crippen molar-refractivity contribution in [2.24, 2.45) is 0 Å². The molecule has 8 heteroatoms. The van der Waals surface area contributed by atoms with E-state index in [1.165, 1.54) is 6.92 Å². The highest BCUT2D eigenvalue weighted by Gasteiger charge is 2.26. The number of esters is 1. The van der Waals surface area contributed by atoms with Crippen LogP contribution in [0.1, 0.15) is 13.3 Å². The van der Waals surface area contributed by atoms with Crippen LogP contribution in [0.4, 0.5) is 27.6 Å². The maximum atomic E-state index is 13.3. The fourth-order valence-corrected chi connectivity index (χ4v) is 1.36.